The Bertz CT molecular complexity index is 3240. The summed E-state index contributed by atoms with van der Waals surface area (Å²) in [5.41, 5.74) is 9.81. The molecule has 0 aromatic heterocycles. The van der Waals surface area contributed by atoms with Gasteiger partial charge in [-0.15, -0.1) is 0 Å². The molecule has 0 fully saturated rings. The molecule has 0 heterocycles. The fourth-order valence-electron chi connectivity index (χ4n) is 8.89. The second-order valence-electron chi connectivity index (χ2n) is 14.4. The summed E-state index contributed by atoms with van der Waals surface area (Å²) < 4.78 is 0. The minimum absolute atomic E-state index is 1.21. The smallest absolute Gasteiger partial charge is 0.00197 e. The molecule has 0 heteroatoms. The Morgan fingerprint density at radius 1 is 0.185 bits per heavy atom. The first-order chi connectivity index (χ1) is 26.8. The van der Waals surface area contributed by atoms with Crippen LogP contribution in [0.4, 0.5) is 0 Å². The van der Waals surface area contributed by atoms with Gasteiger partial charge in [-0.25, -0.2) is 0 Å². The quantitative estimate of drug-likeness (QED) is 0.162. The summed E-state index contributed by atoms with van der Waals surface area (Å²) in [5, 5.41) is 15.4. The molecule has 0 aliphatic heterocycles. The molecule has 0 unspecified atom stereocenters. The van der Waals surface area contributed by atoms with Gasteiger partial charge in [-0.1, -0.05) is 176 Å². The Morgan fingerprint density at radius 2 is 0.722 bits per heavy atom. The van der Waals surface area contributed by atoms with Gasteiger partial charge in [-0.05, 0) is 139 Å². The first-order valence-electron chi connectivity index (χ1n) is 18.8. The molecule has 0 saturated heterocycles. The maximum atomic E-state index is 2.46. The second kappa shape index (κ2) is 12.3. The summed E-state index contributed by atoms with van der Waals surface area (Å²) in [4.78, 5) is 0. The lowest BCUT2D eigenvalue weighted by Gasteiger charge is -2.18. The fourth-order valence-corrected chi connectivity index (χ4v) is 8.89. The predicted molar refractivity (Wildman–Crippen MR) is 233 cm³/mol. The lowest BCUT2D eigenvalue weighted by atomic mass is 9.85. The van der Waals surface area contributed by atoms with Crippen LogP contribution in [0.3, 0.4) is 0 Å². The highest BCUT2D eigenvalue weighted by Gasteiger charge is 2.17. The second-order valence-corrected chi connectivity index (χ2v) is 14.4. The third kappa shape index (κ3) is 4.85. The summed E-state index contributed by atoms with van der Waals surface area (Å²) in [6.07, 6.45) is 0. The summed E-state index contributed by atoms with van der Waals surface area (Å²) >= 11 is 0. The first kappa shape index (κ1) is 30.6. The van der Waals surface area contributed by atoms with E-state index in [0.717, 1.165) is 0 Å². The molecule has 54 heavy (non-hydrogen) atoms. The lowest BCUT2D eigenvalue weighted by Crippen LogP contribution is -1.90. The fraction of sp³-hybridized carbons (Fsp3) is 0. The van der Waals surface area contributed by atoms with E-state index in [0.29, 0.717) is 0 Å². The zero-order valence-corrected chi connectivity index (χ0v) is 29.6. The number of hydrogen-bond acceptors (Lipinski definition) is 0. The highest BCUT2D eigenvalue weighted by molar-refractivity contribution is 6.36. The van der Waals surface area contributed by atoms with Gasteiger partial charge < -0.3 is 0 Å². The molecule has 0 amide bonds. The third-order valence-electron chi connectivity index (χ3n) is 11.4. The summed E-state index contributed by atoms with van der Waals surface area (Å²) in [5.74, 6) is 0. The van der Waals surface area contributed by atoms with Gasteiger partial charge in [0, 0.05) is 0 Å². The third-order valence-corrected chi connectivity index (χ3v) is 11.4. The van der Waals surface area contributed by atoms with Gasteiger partial charge in [0.15, 0.2) is 0 Å². The van der Waals surface area contributed by atoms with Crippen molar-refractivity contribution in [2.24, 2.45) is 0 Å². The van der Waals surface area contributed by atoms with Gasteiger partial charge in [0.2, 0.25) is 0 Å². The van der Waals surface area contributed by atoms with Crippen molar-refractivity contribution in [3.63, 3.8) is 0 Å². The average molecular weight is 683 g/mol. The van der Waals surface area contributed by atoms with Crippen molar-refractivity contribution < 1.29 is 0 Å². The van der Waals surface area contributed by atoms with Crippen LogP contribution in [0.2, 0.25) is 0 Å². The molecule has 0 nitrogen and oxygen atoms in total. The van der Waals surface area contributed by atoms with Crippen LogP contribution in [0.15, 0.2) is 206 Å². The van der Waals surface area contributed by atoms with E-state index in [4.69, 9.17) is 0 Å². The van der Waals surface area contributed by atoms with Crippen LogP contribution >= 0.6 is 0 Å². The van der Waals surface area contributed by atoms with E-state index >= 15 is 0 Å². The molecular weight excluding hydrogens is 649 g/mol. The lowest BCUT2D eigenvalue weighted by molar-refractivity contribution is 1.59. The highest BCUT2D eigenvalue weighted by Crippen LogP contribution is 2.45. The Morgan fingerprint density at radius 3 is 1.50 bits per heavy atom. The van der Waals surface area contributed by atoms with Gasteiger partial charge in [-0.3, -0.25) is 0 Å². The minimum Gasteiger partial charge on any atom is -0.0622 e. The Balaban J connectivity index is 1.19. The Kier molecular flexibility index (Phi) is 6.97. The molecule has 0 aliphatic carbocycles. The van der Waals surface area contributed by atoms with E-state index in [2.05, 4.69) is 206 Å². The summed E-state index contributed by atoms with van der Waals surface area (Å²) in [7, 11) is 0. The van der Waals surface area contributed by atoms with Gasteiger partial charge in [-0.2, -0.15) is 0 Å². The molecule has 0 bridgehead atoms. The van der Waals surface area contributed by atoms with Gasteiger partial charge in [0.05, 0.1) is 0 Å². The number of rotatable bonds is 4. The van der Waals surface area contributed by atoms with Gasteiger partial charge in [0.25, 0.3) is 0 Å². The van der Waals surface area contributed by atoms with Crippen molar-refractivity contribution >= 4 is 64.6 Å². The molecule has 0 radical (unpaired) electrons. The molecular formula is C54H34. The van der Waals surface area contributed by atoms with Crippen molar-refractivity contribution in [1.82, 2.24) is 0 Å². The maximum absolute atomic E-state index is 2.46. The van der Waals surface area contributed by atoms with Gasteiger partial charge >= 0.3 is 0 Å². The number of fused-ring (bicyclic) bond motifs is 11. The zero-order valence-electron chi connectivity index (χ0n) is 29.6. The molecule has 11 rings (SSSR count). The van der Waals surface area contributed by atoms with Crippen LogP contribution < -0.4 is 0 Å². The minimum atomic E-state index is 1.21. The Hall–Kier alpha value is -7.02. The van der Waals surface area contributed by atoms with E-state index < -0.39 is 0 Å². The van der Waals surface area contributed by atoms with Crippen LogP contribution in [-0.4, -0.2) is 0 Å². The highest BCUT2D eigenvalue weighted by atomic mass is 14.2. The molecule has 11 aromatic carbocycles. The molecule has 11 aromatic rings. The van der Waals surface area contributed by atoms with E-state index in [9.17, 15) is 0 Å². The summed E-state index contributed by atoms with van der Waals surface area (Å²) in [6, 6.07) is 76.1. The molecule has 0 atom stereocenters. The molecule has 0 spiro atoms. The van der Waals surface area contributed by atoms with Crippen molar-refractivity contribution in [3.05, 3.63) is 206 Å². The van der Waals surface area contributed by atoms with Crippen LogP contribution in [0, 0.1) is 0 Å². The Labute approximate surface area is 314 Å². The van der Waals surface area contributed by atoms with Crippen LogP contribution in [-0.2, 0) is 0 Å². The zero-order chi connectivity index (χ0) is 35.6. The van der Waals surface area contributed by atoms with E-state index in [1.165, 1.54) is 109 Å². The van der Waals surface area contributed by atoms with Crippen LogP contribution in [0.5, 0.6) is 0 Å². The van der Waals surface area contributed by atoms with Crippen molar-refractivity contribution in [2.75, 3.05) is 0 Å². The monoisotopic (exact) mass is 682 g/mol. The molecule has 0 N–H and O–H groups in total. The van der Waals surface area contributed by atoms with Gasteiger partial charge in [0.1, 0.15) is 0 Å². The van der Waals surface area contributed by atoms with E-state index in [1.807, 2.05) is 0 Å². The predicted octanol–water partition coefficient (Wildman–Crippen LogP) is 15.3. The SMILES string of the molecule is c1ccc(-c2cccc(-c3cc(-c4ccccc4)c4ccc(-c5cc6c7ccccc7c7c8ccccc8ccc7c6c6ccccc56)cc4c3)c2)cc1. The van der Waals surface area contributed by atoms with E-state index in [1.54, 1.807) is 0 Å². The molecule has 250 valence electrons. The normalized spacial score (nSPS) is 11.7. The van der Waals surface area contributed by atoms with Crippen LogP contribution in [0.1, 0.15) is 0 Å². The van der Waals surface area contributed by atoms with E-state index in [-0.39, 0.29) is 0 Å². The topological polar surface area (TPSA) is 0 Å². The molecule has 0 saturated carbocycles. The van der Waals surface area contributed by atoms with Crippen molar-refractivity contribution in [2.45, 2.75) is 0 Å². The summed E-state index contributed by atoms with van der Waals surface area (Å²) in [6.45, 7) is 0. The molecule has 0 aliphatic rings. The first-order valence-corrected chi connectivity index (χ1v) is 18.8. The largest absolute Gasteiger partial charge is 0.0622 e. The van der Waals surface area contributed by atoms with Crippen LogP contribution in [0.25, 0.3) is 109 Å². The number of hydrogen-bond donors (Lipinski definition) is 0. The average Bonchev–Trinajstić information content (AvgIpc) is 3.25. The van der Waals surface area contributed by atoms with Crippen molar-refractivity contribution in [3.8, 4) is 44.5 Å². The number of benzene rings is 11. The maximum Gasteiger partial charge on any atom is -0.00197 e. The standard InChI is InChI=1S/C54H34/c1-3-14-35(15-4-1)38-19-13-20-39(30-38)41-32-42-31-40(27-28-43(42)50(33-41)36-16-5-2-6-17-36)51-34-52-46-23-10-12-25-48(46)53-44-21-8-7-18-37(44)26-29-49(53)54(52)47-24-11-9-22-45(47)51/h1-34H. The van der Waals surface area contributed by atoms with Crippen molar-refractivity contribution in [1.29, 1.82) is 0 Å².